The molecule has 501 valence electrons. The first-order valence-corrected chi connectivity index (χ1v) is 30.0. The number of para-hydroxylation sites is 3. The molecular weight excluding hydrogens is 1660 g/mol. The van der Waals surface area contributed by atoms with Crippen molar-refractivity contribution in [2.24, 2.45) is 0 Å². The van der Waals surface area contributed by atoms with Crippen molar-refractivity contribution in [1.29, 1.82) is 0 Å². The number of ether oxygens (including phenoxy) is 2. The average molecular weight is 1760 g/mol. The molecule has 3 amide bonds. The van der Waals surface area contributed by atoms with Gasteiger partial charge in [0.2, 0.25) is 0 Å². The number of benzene rings is 9. The molecule has 0 spiro atoms. The van der Waals surface area contributed by atoms with Crippen molar-refractivity contribution in [3.8, 4) is 17.2 Å². The van der Waals surface area contributed by atoms with E-state index in [-0.39, 0.29) is 117 Å². The molecule has 0 unspecified atom stereocenters. The maximum absolute atomic E-state index is 12.5. The number of phenolic OH excluding ortho intramolecular Hbond substituents is 1. The molecule has 95 heavy (non-hydrogen) atoms. The smallest absolute Gasteiger partial charge is 0.258 e. The molecule has 9 aromatic carbocycles. The predicted molar refractivity (Wildman–Crippen MR) is 388 cm³/mol. The minimum atomic E-state index is -0.452. The van der Waals surface area contributed by atoms with Crippen molar-refractivity contribution in [1.82, 2.24) is 5.32 Å². The first-order valence-electron chi connectivity index (χ1n) is 29.7. The van der Waals surface area contributed by atoms with Crippen LogP contribution in [0.5, 0.6) is 17.2 Å². The molecular formula is C78H93ClN4O8SUVW. The van der Waals surface area contributed by atoms with Crippen LogP contribution in [0.25, 0.3) is 0 Å². The van der Waals surface area contributed by atoms with Gasteiger partial charge in [-0.15, -0.1) is 0 Å². The average Bonchev–Trinajstić information content (AvgIpc) is 1.02. The molecule has 0 bridgehead atoms. The molecule has 9 aromatic rings. The Balaban J connectivity index is 0. The van der Waals surface area contributed by atoms with Crippen LogP contribution in [0.4, 0.5) is 17.1 Å². The third kappa shape index (κ3) is 26.2. The predicted octanol–water partition coefficient (Wildman–Crippen LogP) is 17.9. The molecule has 10 rings (SSSR count). The fourth-order valence-electron chi connectivity index (χ4n) is 9.25. The Bertz CT molecular complexity index is 3770. The number of aldehydes is 1. The normalized spacial score (nSPS) is 10.3. The Hall–Kier alpha value is -6.95. The number of aromatic hydroxyl groups is 1. The molecule has 2 N–H and O–H groups in total. The van der Waals surface area contributed by atoms with E-state index in [0.29, 0.717) is 28.0 Å². The molecule has 1 aliphatic carbocycles. The third-order valence-electron chi connectivity index (χ3n) is 15.8. The second kappa shape index (κ2) is 44.7. The van der Waals surface area contributed by atoms with Crippen LogP contribution >= 0.6 is 25.1 Å². The van der Waals surface area contributed by atoms with Gasteiger partial charge in [0.05, 0.1) is 14.2 Å². The number of aryl methyl sites for hydroxylation is 3. The van der Waals surface area contributed by atoms with Crippen LogP contribution in [0.2, 0.25) is 0 Å². The number of amides is 3. The van der Waals surface area contributed by atoms with Crippen LogP contribution in [-0.4, -0.2) is 75.8 Å². The zero-order valence-electron chi connectivity index (χ0n) is 56.2. The summed E-state index contributed by atoms with van der Waals surface area (Å²) in [4.78, 5) is 63.4. The van der Waals surface area contributed by atoms with Crippen LogP contribution in [0.15, 0.2) is 200 Å². The standard InChI is InChI=1S/C16H17NO2.C16H17NO.C15H15NO2.C12H17N.C9H9ClO2.C9H10O.CH4.H2S.U.V.W.H2/c1-12-14(10-7-11-15(12)19-3)16(18)17(2)13-8-5-4-6-9-13;1-12-8-7-11-15(13(12)2)16(18)17(3)14-9-5-4-6-10-14;1-11-13(9-6-10-14(11)17)15(18)16(2)12-7-4-3-5-8-12;1-9-4-3-5-11(10(9)2)8-13-12-6-7-12;1-6-7(9(10)11)4-3-5-8(6)12-2;1-7-4-3-5-9(6-10)8(7)2;;;;;;/h4-11H,1-3H3;4-11H,1-3H3;3-10,17H,1-2H3;3-5,12-13H,6-8H2,1-2H3;3-5H,1-2H3;3-6H,1-2H3;1H4;1H2;;;;1H/i;;;;;;;;;;;1+2. The fourth-order valence-corrected chi connectivity index (χ4v) is 9.45. The fraction of sp³-hybridized carbons (Fsp3) is 0.244. The summed E-state index contributed by atoms with van der Waals surface area (Å²) >= 11 is 5.34. The van der Waals surface area contributed by atoms with E-state index in [4.69, 9.17) is 21.1 Å². The van der Waals surface area contributed by atoms with Crippen LogP contribution in [0.3, 0.4) is 0 Å². The van der Waals surface area contributed by atoms with Gasteiger partial charge in [0, 0.05) is 167 Å². The summed E-state index contributed by atoms with van der Waals surface area (Å²) < 4.78 is 10.3. The Morgan fingerprint density at radius 2 is 0.821 bits per heavy atom. The maximum atomic E-state index is 12.5. The molecule has 1 aliphatic rings. The van der Waals surface area contributed by atoms with Crippen molar-refractivity contribution in [3.63, 3.8) is 0 Å². The number of anilines is 3. The van der Waals surface area contributed by atoms with Gasteiger partial charge in [0.15, 0.2) is 0 Å². The minimum Gasteiger partial charge on any atom is -0.508 e. The molecule has 1 fully saturated rings. The molecule has 0 aromatic heterocycles. The first-order chi connectivity index (χ1) is 43.1. The van der Waals surface area contributed by atoms with Gasteiger partial charge < -0.3 is 34.6 Å². The number of rotatable bonds is 13. The van der Waals surface area contributed by atoms with Gasteiger partial charge in [-0.1, -0.05) is 129 Å². The van der Waals surface area contributed by atoms with Gasteiger partial charge in [-0.25, -0.2) is 0 Å². The van der Waals surface area contributed by atoms with Gasteiger partial charge in [-0.3, -0.25) is 24.0 Å². The van der Waals surface area contributed by atoms with Gasteiger partial charge in [0.25, 0.3) is 23.0 Å². The Morgan fingerprint density at radius 3 is 1.21 bits per heavy atom. The van der Waals surface area contributed by atoms with Crippen LogP contribution in [0, 0.1) is 93.4 Å². The summed E-state index contributed by atoms with van der Waals surface area (Å²) in [5, 5.41) is 12.7. The minimum absolute atomic E-state index is 0. The Morgan fingerprint density at radius 1 is 0.484 bits per heavy atom. The van der Waals surface area contributed by atoms with E-state index in [1.807, 2.05) is 180 Å². The van der Waals surface area contributed by atoms with E-state index >= 15 is 0 Å². The quantitative estimate of drug-likeness (QED) is 0.0851. The van der Waals surface area contributed by atoms with E-state index in [0.717, 1.165) is 80.6 Å². The van der Waals surface area contributed by atoms with E-state index in [1.54, 1.807) is 100 Å². The number of carbonyl (C=O) groups is 5. The van der Waals surface area contributed by atoms with Gasteiger partial charge in [-0.2, -0.15) is 13.5 Å². The number of methoxy groups -OCH3 is 2. The van der Waals surface area contributed by atoms with Crippen LogP contribution < -0.4 is 29.5 Å². The Kier molecular flexibility index (Phi) is 41.5. The maximum Gasteiger partial charge on any atom is 0.258 e. The molecule has 1 saturated carbocycles. The number of nitrogens with one attached hydrogen (secondary N) is 1. The van der Waals surface area contributed by atoms with Crippen molar-refractivity contribution < 1.29 is 111 Å². The second-order valence-electron chi connectivity index (χ2n) is 21.8. The molecule has 1 radical (unpaired) electrons. The van der Waals surface area contributed by atoms with Gasteiger partial charge >= 0.3 is 0 Å². The number of halogens is 1. The topological polar surface area (TPSA) is 146 Å². The first kappa shape index (κ1) is 88.1. The second-order valence-corrected chi connectivity index (χ2v) is 22.1. The molecule has 0 heterocycles. The summed E-state index contributed by atoms with van der Waals surface area (Å²) in [5.74, 6) is 1.41. The summed E-state index contributed by atoms with van der Waals surface area (Å²) in [6.45, 7) is 18.8. The van der Waals surface area contributed by atoms with Gasteiger partial charge in [-0.05, 0) is 205 Å². The van der Waals surface area contributed by atoms with E-state index in [9.17, 15) is 29.1 Å². The summed E-state index contributed by atoms with van der Waals surface area (Å²) in [6.07, 6.45) is 3.62. The monoisotopic (exact) mass is 1760 g/mol. The zero-order valence-corrected chi connectivity index (χ0v) is 66.5. The number of nitrogens with zero attached hydrogens (tertiary/aromatic N) is 3. The van der Waals surface area contributed by atoms with Crippen molar-refractivity contribution in [2.45, 2.75) is 95.2 Å². The number of carbonyl (C=O) groups excluding carboxylic acids is 5. The van der Waals surface area contributed by atoms with Crippen molar-refractivity contribution in [3.05, 3.63) is 284 Å². The number of hydrogen-bond acceptors (Lipinski definition) is 9. The summed E-state index contributed by atoms with van der Waals surface area (Å²) in [5.41, 5.74) is 16.8. The van der Waals surface area contributed by atoms with Crippen molar-refractivity contribution >= 4 is 71.4 Å². The SMILES string of the molecule is C.COc1cccc(C(=O)Cl)c1C.COc1cccc(C(=O)N(C)c2ccccc2)c1C.Cc1c(O)cccc1C(=O)N(C)c1ccccc1.Cc1cccc(C(=O)N(C)c2ccccc2)c1C.Cc1cccc(C=O)c1C.Cc1cccc(CNC2CC2)c1C.S.[3HH].[U].[V].[W]. The number of phenols is 1. The molecule has 0 aliphatic heterocycles. The van der Waals surface area contributed by atoms with Crippen LogP contribution in [0.1, 0.15) is 129 Å². The molecule has 17 heteroatoms. The zero-order chi connectivity index (χ0) is 66.0. The van der Waals surface area contributed by atoms with E-state index in [2.05, 4.69) is 37.4 Å². The molecule has 12 nitrogen and oxygen atoms in total. The molecule has 0 saturated heterocycles. The molecule has 0 atom stereocenters. The largest absolute Gasteiger partial charge is 0.508 e. The van der Waals surface area contributed by atoms with Gasteiger partial charge in [0.1, 0.15) is 23.5 Å². The van der Waals surface area contributed by atoms with E-state index in [1.165, 1.54) is 35.1 Å². The summed E-state index contributed by atoms with van der Waals surface area (Å²) in [7, 11) is 8.47. The third-order valence-corrected chi connectivity index (χ3v) is 16.0. The van der Waals surface area contributed by atoms with Crippen LogP contribution in [-0.2, 0) is 46.2 Å². The Labute approximate surface area is 628 Å². The van der Waals surface area contributed by atoms with E-state index < -0.39 is 5.24 Å². The number of hydrogen-bond donors (Lipinski definition) is 2. The van der Waals surface area contributed by atoms with Crippen molar-refractivity contribution in [2.75, 3.05) is 50.1 Å². The summed E-state index contributed by atoms with van der Waals surface area (Å²) in [6, 6.07) is 63.2.